The Labute approximate surface area is 99.0 Å². The molecule has 0 saturated heterocycles. The van der Waals surface area contributed by atoms with E-state index in [1.54, 1.807) is 20.8 Å². The third kappa shape index (κ3) is 3.59. The zero-order chi connectivity index (χ0) is 12.4. The van der Waals surface area contributed by atoms with Gasteiger partial charge < -0.3 is 5.73 Å². The summed E-state index contributed by atoms with van der Waals surface area (Å²) in [6.45, 7) is 5.23. The number of nitrogens with two attached hydrogens (primary N) is 1. The van der Waals surface area contributed by atoms with Crippen LogP contribution in [0.25, 0.3) is 0 Å². The largest absolute Gasteiger partial charge is 0.327 e. The molecular weight excluding hydrogens is 222 g/mol. The van der Waals surface area contributed by atoms with Gasteiger partial charge in [-0.3, -0.25) is 0 Å². The normalized spacial score (nSPS) is 26.0. The molecule has 4 heteroatoms. The second-order valence-corrected chi connectivity index (χ2v) is 8.40. The minimum absolute atomic E-state index is 0.151. The van der Waals surface area contributed by atoms with Crippen molar-refractivity contribution in [3.05, 3.63) is 11.6 Å². The van der Waals surface area contributed by atoms with Crippen molar-refractivity contribution in [2.24, 2.45) is 5.73 Å². The molecular formula is C12H23NO2S. The van der Waals surface area contributed by atoms with E-state index >= 15 is 0 Å². The van der Waals surface area contributed by atoms with Crippen LogP contribution in [0.2, 0.25) is 0 Å². The zero-order valence-corrected chi connectivity index (χ0v) is 11.3. The van der Waals surface area contributed by atoms with E-state index in [1.807, 2.05) is 6.08 Å². The van der Waals surface area contributed by atoms with Crippen molar-refractivity contribution in [2.75, 3.05) is 5.75 Å². The second kappa shape index (κ2) is 4.88. The Hall–Kier alpha value is -0.350. The molecule has 16 heavy (non-hydrogen) atoms. The molecule has 0 aliphatic heterocycles. The lowest BCUT2D eigenvalue weighted by Gasteiger charge is -2.22. The van der Waals surface area contributed by atoms with Gasteiger partial charge in [-0.25, -0.2) is 8.42 Å². The predicted octanol–water partition coefficient (Wildman–Crippen LogP) is 2.03. The van der Waals surface area contributed by atoms with Crippen LogP contribution in [0.3, 0.4) is 0 Å². The lowest BCUT2D eigenvalue weighted by Crippen LogP contribution is -2.30. The summed E-state index contributed by atoms with van der Waals surface area (Å²) in [6.07, 6.45) is 5.89. The average Bonchev–Trinajstić information content (AvgIpc) is 2.13. The van der Waals surface area contributed by atoms with E-state index in [-0.39, 0.29) is 11.8 Å². The van der Waals surface area contributed by atoms with Crippen LogP contribution in [0, 0.1) is 0 Å². The molecule has 1 unspecified atom stereocenters. The summed E-state index contributed by atoms with van der Waals surface area (Å²) >= 11 is 0. The lowest BCUT2D eigenvalue weighted by atomic mass is 9.91. The molecule has 1 fully saturated rings. The average molecular weight is 245 g/mol. The molecule has 3 nitrogen and oxygen atoms in total. The Balaban J connectivity index is 2.66. The summed E-state index contributed by atoms with van der Waals surface area (Å²) in [7, 11) is -3.03. The minimum atomic E-state index is -3.03. The third-order valence-electron chi connectivity index (χ3n) is 3.12. The number of hydrogen-bond acceptors (Lipinski definition) is 3. The first-order valence-corrected chi connectivity index (χ1v) is 7.53. The predicted molar refractivity (Wildman–Crippen MR) is 68.1 cm³/mol. The van der Waals surface area contributed by atoms with Crippen molar-refractivity contribution < 1.29 is 8.42 Å². The Kier molecular flexibility index (Phi) is 4.18. The van der Waals surface area contributed by atoms with Gasteiger partial charge >= 0.3 is 0 Å². The van der Waals surface area contributed by atoms with E-state index in [2.05, 4.69) is 0 Å². The molecule has 0 heterocycles. The summed E-state index contributed by atoms with van der Waals surface area (Å²) in [5, 5.41) is 0. The van der Waals surface area contributed by atoms with Crippen LogP contribution in [-0.4, -0.2) is 25.0 Å². The zero-order valence-electron chi connectivity index (χ0n) is 10.5. The summed E-state index contributed by atoms with van der Waals surface area (Å²) in [4.78, 5) is 0. The fourth-order valence-corrected chi connectivity index (χ4v) is 2.75. The van der Waals surface area contributed by atoms with Gasteiger partial charge in [-0.05, 0) is 46.5 Å². The highest BCUT2D eigenvalue weighted by molar-refractivity contribution is 7.92. The van der Waals surface area contributed by atoms with Crippen molar-refractivity contribution in [3.63, 3.8) is 0 Å². The lowest BCUT2D eigenvalue weighted by molar-refractivity contribution is 0.516. The van der Waals surface area contributed by atoms with Crippen molar-refractivity contribution in [3.8, 4) is 0 Å². The Morgan fingerprint density at radius 1 is 1.44 bits per heavy atom. The van der Waals surface area contributed by atoms with Gasteiger partial charge in [0.15, 0.2) is 9.84 Å². The molecule has 0 amide bonds. The van der Waals surface area contributed by atoms with Crippen LogP contribution in [0.4, 0.5) is 0 Å². The van der Waals surface area contributed by atoms with E-state index in [1.165, 1.54) is 5.57 Å². The maximum absolute atomic E-state index is 11.9. The van der Waals surface area contributed by atoms with Crippen LogP contribution < -0.4 is 5.73 Å². The SMILES string of the molecule is CC(C)(C)S(=O)(=O)C/C=C1/CCCC(N)C1. The molecule has 94 valence electrons. The van der Waals surface area contributed by atoms with Crippen molar-refractivity contribution in [1.29, 1.82) is 0 Å². The quantitative estimate of drug-likeness (QED) is 0.757. The molecule has 1 aliphatic carbocycles. The summed E-state index contributed by atoms with van der Waals surface area (Å²) < 4.78 is 23.1. The second-order valence-electron chi connectivity index (χ2n) is 5.61. The van der Waals surface area contributed by atoms with Gasteiger partial charge in [0.05, 0.1) is 10.5 Å². The molecule has 0 radical (unpaired) electrons. The summed E-state index contributed by atoms with van der Waals surface area (Å²) in [5.41, 5.74) is 7.07. The van der Waals surface area contributed by atoms with Crippen LogP contribution in [-0.2, 0) is 9.84 Å². The highest BCUT2D eigenvalue weighted by Crippen LogP contribution is 2.23. The minimum Gasteiger partial charge on any atom is -0.327 e. The fourth-order valence-electron chi connectivity index (χ4n) is 1.80. The van der Waals surface area contributed by atoms with E-state index in [4.69, 9.17) is 5.73 Å². The van der Waals surface area contributed by atoms with E-state index in [0.717, 1.165) is 25.7 Å². The molecule has 2 N–H and O–H groups in total. The van der Waals surface area contributed by atoms with Gasteiger partial charge in [0.1, 0.15) is 0 Å². The Morgan fingerprint density at radius 2 is 2.06 bits per heavy atom. The molecule has 1 rings (SSSR count). The summed E-state index contributed by atoms with van der Waals surface area (Å²) in [6, 6.07) is 0.220. The summed E-state index contributed by atoms with van der Waals surface area (Å²) in [5.74, 6) is 0.151. The van der Waals surface area contributed by atoms with Crippen molar-refractivity contribution in [1.82, 2.24) is 0 Å². The monoisotopic (exact) mass is 245 g/mol. The number of hydrogen-bond donors (Lipinski definition) is 1. The van der Waals surface area contributed by atoms with Gasteiger partial charge in [-0.2, -0.15) is 0 Å². The van der Waals surface area contributed by atoms with Gasteiger partial charge in [0.2, 0.25) is 0 Å². The van der Waals surface area contributed by atoms with E-state index in [0.29, 0.717) is 0 Å². The fraction of sp³-hybridized carbons (Fsp3) is 0.833. The molecule has 0 spiro atoms. The molecule has 0 aromatic heterocycles. The molecule has 1 atom stereocenters. The van der Waals surface area contributed by atoms with Crippen LogP contribution in [0.5, 0.6) is 0 Å². The van der Waals surface area contributed by atoms with Crippen LogP contribution in [0.1, 0.15) is 46.5 Å². The smallest absolute Gasteiger partial charge is 0.158 e. The first-order valence-electron chi connectivity index (χ1n) is 5.88. The first-order chi connectivity index (χ1) is 7.22. The van der Waals surface area contributed by atoms with E-state index in [9.17, 15) is 8.42 Å². The molecule has 1 aliphatic rings. The highest BCUT2D eigenvalue weighted by atomic mass is 32.2. The molecule has 1 saturated carbocycles. The molecule has 0 bridgehead atoms. The van der Waals surface area contributed by atoms with E-state index < -0.39 is 14.6 Å². The van der Waals surface area contributed by atoms with Crippen molar-refractivity contribution >= 4 is 9.84 Å². The third-order valence-corrected chi connectivity index (χ3v) is 5.59. The maximum Gasteiger partial charge on any atom is 0.158 e. The van der Waals surface area contributed by atoms with Gasteiger partial charge in [0, 0.05) is 6.04 Å². The first kappa shape index (κ1) is 13.7. The van der Waals surface area contributed by atoms with Crippen LogP contribution in [0.15, 0.2) is 11.6 Å². The Bertz CT molecular complexity index is 363. The van der Waals surface area contributed by atoms with Gasteiger partial charge in [0.25, 0.3) is 0 Å². The topological polar surface area (TPSA) is 60.2 Å². The molecule has 0 aromatic rings. The molecule has 0 aromatic carbocycles. The number of rotatable bonds is 2. The maximum atomic E-state index is 11.9. The van der Waals surface area contributed by atoms with Gasteiger partial charge in [-0.15, -0.1) is 0 Å². The van der Waals surface area contributed by atoms with Crippen LogP contribution >= 0.6 is 0 Å². The highest BCUT2D eigenvalue weighted by Gasteiger charge is 2.27. The Morgan fingerprint density at radius 3 is 2.56 bits per heavy atom. The number of sulfone groups is 1. The van der Waals surface area contributed by atoms with Gasteiger partial charge in [-0.1, -0.05) is 11.6 Å². The standard InChI is InChI=1S/C12H23NO2S/c1-12(2,3)16(14,15)8-7-10-5-4-6-11(13)9-10/h7,11H,4-6,8-9,13H2,1-3H3/b10-7-. The van der Waals surface area contributed by atoms with Crippen molar-refractivity contribution in [2.45, 2.75) is 57.2 Å².